The maximum Gasteiger partial charge on any atom is 0.405 e. The third-order valence-corrected chi connectivity index (χ3v) is 5.71. The Hall–Kier alpha value is -3.00. The number of carbonyl (C=O) groups is 1. The van der Waals surface area contributed by atoms with Gasteiger partial charge in [0.05, 0.1) is 30.0 Å². The lowest BCUT2D eigenvalue weighted by Gasteiger charge is -2.39. The Morgan fingerprint density at radius 1 is 1.31 bits per heavy atom. The predicted molar refractivity (Wildman–Crippen MR) is 111 cm³/mol. The molecule has 152 valence electrons. The van der Waals surface area contributed by atoms with E-state index in [0.29, 0.717) is 10.8 Å². The molecule has 0 aromatic carbocycles. The van der Waals surface area contributed by atoms with E-state index in [1.807, 2.05) is 31.3 Å². The fourth-order valence-electron chi connectivity index (χ4n) is 3.74. The fraction of sp³-hybridized carbons (Fsp3) is 0.350. The SMILES string of the molecule is COc1cc(-c2ccc(N3CCC(C)(NC(=O)O)CC3)nc2)c2c(Cl)cnn2c1. The number of hydrogen-bond donors (Lipinski definition) is 2. The summed E-state index contributed by atoms with van der Waals surface area (Å²) < 4.78 is 7.08. The van der Waals surface area contributed by atoms with E-state index in [1.54, 1.807) is 24.0 Å². The van der Waals surface area contributed by atoms with Crippen molar-refractivity contribution in [2.75, 3.05) is 25.1 Å². The van der Waals surface area contributed by atoms with Crippen molar-refractivity contribution in [1.29, 1.82) is 0 Å². The van der Waals surface area contributed by atoms with Gasteiger partial charge < -0.3 is 20.1 Å². The molecule has 29 heavy (non-hydrogen) atoms. The molecule has 0 bridgehead atoms. The summed E-state index contributed by atoms with van der Waals surface area (Å²) in [6.45, 7) is 3.42. The molecule has 0 radical (unpaired) electrons. The van der Waals surface area contributed by atoms with Gasteiger partial charge in [-0.05, 0) is 38.0 Å². The summed E-state index contributed by atoms with van der Waals surface area (Å²) in [5.41, 5.74) is 2.21. The van der Waals surface area contributed by atoms with Crippen LogP contribution in [0.1, 0.15) is 19.8 Å². The molecule has 0 atom stereocenters. The minimum absolute atomic E-state index is 0.396. The zero-order chi connectivity index (χ0) is 20.6. The molecule has 0 spiro atoms. The highest BCUT2D eigenvalue weighted by atomic mass is 35.5. The summed E-state index contributed by atoms with van der Waals surface area (Å²) in [5, 5.41) is 16.5. The summed E-state index contributed by atoms with van der Waals surface area (Å²) in [6.07, 6.45) is 5.68. The van der Waals surface area contributed by atoms with Crippen molar-refractivity contribution in [3.8, 4) is 16.9 Å². The van der Waals surface area contributed by atoms with Gasteiger partial charge in [-0.15, -0.1) is 0 Å². The van der Waals surface area contributed by atoms with E-state index in [1.165, 1.54) is 0 Å². The lowest BCUT2D eigenvalue weighted by molar-refractivity contribution is 0.173. The second kappa shape index (κ2) is 7.44. The van der Waals surface area contributed by atoms with Crippen LogP contribution in [0.3, 0.4) is 0 Å². The zero-order valence-electron chi connectivity index (χ0n) is 16.2. The van der Waals surface area contributed by atoms with Crippen LogP contribution < -0.4 is 15.0 Å². The largest absolute Gasteiger partial charge is 0.495 e. The van der Waals surface area contributed by atoms with E-state index in [0.717, 1.165) is 48.4 Å². The Balaban J connectivity index is 1.57. The maximum atomic E-state index is 11.0. The standard InChI is InChI=1S/C20H22ClN5O3/c1-20(24-19(27)28)5-7-25(8-6-20)17-4-3-13(10-22-17)15-9-14(29-2)12-26-18(15)16(21)11-23-26/h3-4,9-12,24H,5-8H2,1-2H3,(H,27,28). The molecule has 1 aliphatic heterocycles. The number of ether oxygens (including phenoxy) is 1. The van der Waals surface area contributed by atoms with Crippen molar-refractivity contribution in [3.05, 3.63) is 41.8 Å². The van der Waals surface area contributed by atoms with Crippen LogP contribution in [0.25, 0.3) is 16.6 Å². The van der Waals surface area contributed by atoms with E-state index in [9.17, 15) is 4.79 Å². The van der Waals surface area contributed by atoms with Gasteiger partial charge in [0.2, 0.25) is 0 Å². The molecule has 9 heteroatoms. The van der Waals surface area contributed by atoms with E-state index in [-0.39, 0.29) is 0 Å². The van der Waals surface area contributed by atoms with Gasteiger partial charge in [-0.1, -0.05) is 11.6 Å². The number of pyridine rings is 2. The number of aromatic nitrogens is 3. The normalized spacial score (nSPS) is 16.0. The summed E-state index contributed by atoms with van der Waals surface area (Å²) in [6, 6.07) is 5.90. The van der Waals surface area contributed by atoms with Crippen LogP contribution in [0.4, 0.5) is 10.6 Å². The molecule has 1 saturated heterocycles. The van der Waals surface area contributed by atoms with Crippen molar-refractivity contribution in [2.24, 2.45) is 0 Å². The number of methoxy groups -OCH3 is 1. The van der Waals surface area contributed by atoms with E-state index in [4.69, 9.17) is 21.4 Å². The Morgan fingerprint density at radius 2 is 2.07 bits per heavy atom. The molecule has 4 heterocycles. The smallest absolute Gasteiger partial charge is 0.405 e. The van der Waals surface area contributed by atoms with Gasteiger partial charge in [-0.2, -0.15) is 5.10 Å². The third kappa shape index (κ3) is 3.80. The first-order valence-electron chi connectivity index (χ1n) is 9.32. The Kier molecular flexibility index (Phi) is 4.96. The maximum absolute atomic E-state index is 11.0. The first-order valence-corrected chi connectivity index (χ1v) is 9.70. The van der Waals surface area contributed by atoms with E-state index < -0.39 is 11.6 Å². The number of hydrogen-bond acceptors (Lipinski definition) is 5. The molecular weight excluding hydrogens is 394 g/mol. The van der Waals surface area contributed by atoms with Crippen LogP contribution >= 0.6 is 11.6 Å². The van der Waals surface area contributed by atoms with Gasteiger partial charge in [0.25, 0.3) is 0 Å². The summed E-state index contributed by atoms with van der Waals surface area (Å²) >= 11 is 6.34. The Morgan fingerprint density at radius 3 is 2.69 bits per heavy atom. The highest BCUT2D eigenvalue weighted by Gasteiger charge is 2.31. The Labute approximate surface area is 173 Å². The molecule has 2 N–H and O–H groups in total. The average molecular weight is 416 g/mol. The average Bonchev–Trinajstić information content (AvgIpc) is 3.08. The number of piperidine rings is 1. The molecule has 1 aliphatic rings. The quantitative estimate of drug-likeness (QED) is 0.675. The monoisotopic (exact) mass is 415 g/mol. The minimum atomic E-state index is -0.980. The number of nitrogens with one attached hydrogen (secondary N) is 1. The fourth-order valence-corrected chi connectivity index (χ4v) is 3.97. The van der Waals surface area contributed by atoms with E-state index >= 15 is 0 Å². The highest BCUT2D eigenvalue weighted by Crippen LogP contribution is 2.33. The number of anilines is 1. The summed E-state index contributed by atoms with van der Waals surface area (Å²) in [4.78, 5) is 17.8. The van der Waals surface area contributed by atoms with Crippen molar-refractivity contribution in [2.45, 2.75) is 25.3 Å². The van der Waals surface area contributed by atoms with Crippen LogP contribution in [-0.2, 0) is 0 Å². The molecule has 1 amide bonds. The van der Waals surface area contributed by atoms with Gasteiger partial charge in [0.15, 0.2) is 0 Å². The number of amides is 1. The number of rotatable bonds is 4. The highest BCUT2D eigenvalue weighted by molar-refractivity contribution is 6.34. The van der Waals surface area contributed by atoms with Crippen LogP contribution in [-0.4, -0.2) is 51.5 Å². The summed E-state index contributed by atoms with van der Waals surface area (Å²) in [7, 11) is 1.61. The first kappa shape index (κ1) is 19.3. The number of fused-ring (bicyclic) bond motifs is 1. The Bertz CT molecular complexity index is 1040. The minimum Gasteiger partial charge on any atom is -0.495 e. The van der Waals surface area contributed by atoms with Crippen molar-refractivity contribution in [1.82, 2.24) is 19.9 Å². The summed E-state index contributed by atoms with van der Waals surface area (Å²) in [5.74, 6) is 1.54. The van der Waals surface area contributed by atoms with Crippen molar-refractivity contribution in [3.63, 3.8) is 0 Å². The molecule has 0 saturated carbocycles. The van der Waals surface area contributed by atoms with Crippen LogP contribution in [0.5, 0.6) is 5.75 Å². The number of carboxylic acid groups (broad SMARTS) is 1. The van der Waals surface area contributed by atoms with Crippen molar-refractivity contribution < 1.29 is 14.6 Å². The lowest BCUT2D eigenvalue weighted by Crippen LogP contribution is -2.53. The molecular formula is C20H22ClN5O3. The number of nitrogens with zero attached hydrogens (tertiary/aromatic N) is 4. The molecule has 0 unspecified atom stereocenters. The van der Waals surface area contributed by atoms with Crippen molar-refractivity contribution >= 4 is 29.0 Å². The first-order chi connectivity index (χ1) is 13.9. The van der Waals surface area contributed by atoms with Crippen LogP contribution in [0.15, 0.2) is 36.8 Å². The predicted octanol–water partition coefficient (Wildman–Crippen LogP) is 3.68. The third-order valence-electron chi connectivity index (χ3n) is 5.44. The molecule has 3 aromatic rings. The topological polar surface area (TPSA) is 92.0 Å². The second-order valence-corrected chi connectivity index (χ2v) is 7.87. The van der Waals surface area contributed by atoms with Gasteiger partial charge in [-0.3, -0.25) is 0 Å². The zero-order valence-corrected chi connectivity index (χ0v) is 17.0. The molecule has 4 rings (SSSR count). The van der Waals surface area contributed by atoms with Gasteiger partial charge >= 0.3 is 6.09 Å². The number of halogens is 1. The molecule has 1 fully saturated rings. The molecule has 0 aliphatic carbocycles. The molecule has 3 aromatic heterocycles. The molecule has 8 nitrogen and oxygen atoms in total. The lowest BCUT2D eigenvalue weighted by atomic mass is 9.90. The van der Waals surface area contributed by atoms with E-state index in [2.05, 4.69) is 20.3 Å². The van der Waals surface area contributed by atoms with Gasteiger partial charge in [0.1, 0.15) is 11.6 Å². The van der Waals surface area contributed by atoms with Crippen LogP contribution in [0.2, 0.25) is 5.02 Å². The van der Waals surface area contributed by atoms with Crippen LogP contribution in [0, 0.1) is 0 Å². The van der Waals surface area contributed by atoms with Gasteiger partial charge in [-0.25, -0.2) is 14.3 Å². The van der Waals surface area contributed by atoms with Gasteiger partial charge in [0, 0.05) is 36.0 Å². The second-order valence-electron chi connectivity index (χ2n) is 7.46.